The monoisotopic (exact) mass is 181 g/mol. The maximum absolute atomic E-state index is 9.49. The van der Waals surface area contributed by atoms with Gasteiger partial charge in [-0.2, -0.15) is 0 Å². The van der Waals surface area contributed by atoms with Crippen molar-refractivity contribution < 1.29 is 5.11 Å². The molecule has 4 heteroatoms. The van der Waals surface area contributed by atoms with E-state index >= 15 is 0 Å². The molecule has 0 saturated heterocycles. The highest BCUT2D eigenvalue weighted by Gasteiger charge is 2.15. The van der Waals surface area contributed by atoms with Crippen LogP contribution in [0, 0.1) is 6.92 Å². The molecule has 0 fully saturated rings. The Kier molecular flexibility index (Phi) is 3.33. The zero-order valence-corrected chi connectivity index (χ0v) is 7.94. The van der Waals surface area contributed by atoms with Crippen molar-refractivity contribution in [3.8, 4) is 0 Å². The number of nitrogens with zero attached hydrogens (tertiary/aromatic N) is 2. The minimum Gasteiger partial charge on any atom is -0.391 e. The summed E-state index contributed by atoms with van der Waals surface area (Å²) in [7, 11) is 0. The Hall–Kier alpha value is -1.00. The molecule has 3 N–H and O–H groups in total. The standard InChI is InChI=1S/C9H15N3O/c1-3-8(13)9(10)7-4-6(2)11-5-12-7/h4-5,8-9,13H,3,10H2,1-2H3. The average molecular weight is 181 g/mol. The fourth-order valence-corrected chi connectivity index (χ4v) is 1.11. The minimum absolute atomic E-state index is 0.410. The van der Waals surface area contributed by atoms with Crippen LogP contribution in [0.2, 0.25) is 0 Å². The third kappa shape index (κ3) is 2.47. The Balaban J connectivity index is 2.82. The summed E-state index contributed by atoms with van der Waals surface area (Å²) >= 11 is 0. The van der Waals surface area contributed by atoms with Crippen molar-refractivity contribution in [2.45, 2.75) is 32.4 Å². The molecule has 1 rings (SSSR count). The highest BCUT2D eigenvalue weighted by atomic mass is 16.3. The summed E-state index contributed by atoms with van der Waals surface area (Å²) in [6, 6.07) is 1.38. The molecule has 0 bridgehead atoms. The van der Waals surface area contributed by atoms with Crippen LogP contribution in [-0.4, -0.2) is 21.2 Å². The molecule has 0 aliphatic rings. The number of hydrogen-bond donors (Lipinski definition) is 2. The Morgan fingerprint density at radius 1 is 1.54 bits per heavy atom. The van der Waals surface area contributed by atoms with Gasteiger partial charge in [-0.3, -0.25) is 0 Å². The second-order valence-electron chi connectivity index (χ2n) is 3.09. The molecule has 1 heterocycles. The quantitative estimate of drug-likeness (QED) is 0.714. The summed E-state index contributed by atoms with van der Waals surface area (Å²) in [5.74, 6) is 0. The van der Waals surface area contributed by atoms with E-state index in [1.54, 1.807) is 6.07 Å². The number of aliphatic hydroxyl groups excluding tert-OH is 1. The number of aryl methyl sites for hydroxylation is 1. The molecule has 0 amide bonds. The van der Waals surface area contributed by atoms with E-state index in [-0.39, 0.29) is 0 Å². The normalized spacial score (nSPS) is 15.4. The topological polar surface area (TPSA) is 72.0 Å². The van der Waals surface area contributed by atoms with E-state index in [4.69, 9.17) is 5.73 Å². The van der Waals surface area contributed by atoms with Crippen molar-refractivity contribution in [3.05, 3.63) is 23.8 Å². The molecule has 0 aliphatic carbocycles. The van der Waals surface area contributed by atoms with Crippen LogP contribution < -0.4 is 5.73 Å². The molecule has 2 unspecified atom stereocenters. The molecular weight excluding hydrogens is 166 g/mol. The lowest BCUT2D eigenvalue weighted by atomic mass is 10.1. The molecular formula is C9H15N3O. The Bertz CT molecular complexity index is 277. The first-order valence-electron chi connectivity index (χ1n) is 4.37. The molecule has 0 aliphatic heterocycles. The van der Waals surface area contributed by atoms with Crippen molar-refractivity contribution in [1.29, 1.82) is 0 Å². The van der Waals surface area contributed by atoms with Crippen LogP contribution in [-0.2, 0) is 0 Å². The Morgan fingerprint density at radius 3 is 2.77 bits per heavy atom. The molecule has 0 radical (unpaired) electrons. The van der Waals surface area contributed by atoms with E-state index < -0.39 is 12.1 Å². The summed E-state index contributed by atoms with van der Waals surface area (Å²) < 4.78 is 0. The lowest BCUT2D eigenvalue weighted by molar-refractivity contribution is 0.139. The summed E-state index contributed by atoms with van der Waals surface area (Å²) in [4.78, 5) is 7.97. The van der Waals surface area contributed by atoms with Gasteiger partial charge >= 0.3 is 0 Å². The van der Waals surface area contributed by atoms with E-state index in [1.165, 1.54) is 6.33 Å². The summed E-state index contributed by atoms with van der Waals surface area (Å²) in [6.45, 7) is 3.76. The van der Waals surface area contributed by atoms with Gasteiger partial charge in [-0.05, 0) is 19.4 Å². The third-order valence-electron chi connectivity index (χ3n) is 2.00. The summed E-state index contributed by atoms with van der Waals surface area (Å²) in [6.07, 6.45) is 1.56. The first kappa shape index (κ1) is 10.1. The van der Waals surface area contributed by atoms with Gasteiger partial charge in [-0.15, -0.1) is 0 Å². The fourth-order valence-electron chi connectivity index (χ4n) is 1.11. The summed E-state index contributed by atoms with van der Waals surface area (Å²) in [5, 5.41) is 9.49. The molecule has 0 saturated carbocycles. The van der Waals surface area contributed by atoms with Gasteiger partial charge in [0.1, 0.15) is 6.33 Å². The number of nitrogens with two attached hydrogens (primary N) is 1. The Labute approximate surface area is 77.8 Å². The average Bonchev–Trinajstić information content (AvgIpc) is 2.15. The van der Waals surface area contributed by atoms with E-state index in [9.17, 15) is 5.11 Å². The lowest BCUT2D eigenvalue weighted by Gasteiger charge is -2.16. The van der Waals surface area contributed by atoms with Gasteiger partial charge in [0, 0.05) is 5.69 Å². The van der Waals surface area contributed by atoms with Crippen LogP contribution >= 0.6 is 0 Å². The maximum Gasteiger partial charge on any atom is 0.115 e. The van der Waals surface area contributed by atoms with Crippen molar-refractivity contribution in [2.75, 3.05) is 0 Å². The SMILES string of the molecule is CCC(O)C(N)c1cc(C)ncn1. The van der Waals surface area contributed by atoms with Gasteiger partial charge in [0.25, 0.3) is 0 Å². The van der Waals surface area contributed by atoms with Gasteiger partial charge < -0.3 is 10.8 Å². The third-order valence-corrected chi connectivity index (χ3v) is 2.00. The molecule has 2 atom stereocenters. The Morgan fingerprint density at radius 2 is 2.23 bits per heavy atom. The van der Waals surface area contributed by atoms with Crippen molar-refractivity contribution >= 4 is 0 Å². The number of aromatic nitrogens is 2. The molecule has 1 aromatic rings. The lowest BCUT2D eigenvalue weighted by Crippen LogP contribution is -2.26. The first-order chi connectivity index (χ1) is 6.15. The fraction of sp³-hybridized carbons (Fsp3) is 0.556. The van der Waals surface area contributed by atoms with Gasteiger partial charge in [0.2, 0.25) is 0 Å². The van der Waals surface area contributed by atoms with Crippen molar-refractivity contribution in [2.24, 2.45) is 5.73 Å². The summed E-state index contributed by atoms with van der Waals surface area (Å²) in [5.41, 5.74) is 7.34. The second kappa shape index (κ2) is 4.30. The van der Waals surface area contributed by atoms with Gasteiger partial charge in [-0.25, -0.2) is 9.97 Å². The molecule has 0 spiro atoms. The van der Waals surface area contributed by atoms with Crippen molar-refractivity contribution in [3.63, 3.8) is 0 Å². The zero-order chi connectivity index (χ0) is 9.84. The molecule has 1 aromatic heterocycles. The number of aliphatic hydroxyl groups is 1. The van der Waals surface area contributed by atoms with Crippen LogP contribution in [0.3, 0.4) is 0 Å². The van der Waals surface area contributed by atoms with Gasteiger partial charge in [0.15, 0.2) is 0 Å². The van der Waals surface area contributed by atoms with Crippen LogP contribution in [0.15, 0.2) is 12.4 Å². The van der Waals surface area contributed by atoms with Crippen LogP contribution in [0.25, 0.3) is 0 Å². The van der Waals surface area contributed by atoms with Gasteiger partial charge in [0.05, 0.1) is 17.8 Å². The highest BCUT2D eigenvalue weighted by Crippen LogP contribution is 2.13. The first-order valence-corrected chi connectivity index (χ1v) is 4.37. The molecule has 4 nitrogen and oxygen atoms in total. The maximum atomic E-state index is 9.49. The number of hydrogen-bond acceptors (Lipinski definition) is 4. The molecule has 72 valence electrons. The highest BCUT2D eigenvalue weighted by molar-refractivity contribution is 5.11. The second-order valence-corrected chi connectivity index (χ2v) is 3.09. The van der Waals surface area contributed by atoms with Crippen LogP contribution in [0.5, 0.6) is 0 Å². The van der Waals surface area contributed by atoms with E-state index in [0.717, 1.165) is 5.69 Å². The van der Waals surface area contributed by atoms with Crippen LogP contribution in [0.1, 0.15) is 30.8 Å². The smallest absolute Gasteiger partial charge is 0.115 e. The molecule has 13 heavy (non-hydrogen) atoms. The minimum atomic E-state index is -0.533. The van der Waals surface area contributed by atoms with E-state index in [0.29, 0.717) is 12.1 Å². The zero-order valence-electron chi connectivity index (χ0n) is 7.94. The predicted octanol–water partition coefficient (Wildman–Crippen LogP) is 0.556. The predicted molar refractivity (Wildman–Crippen MR) is 50.0 cm³/mol. The number of rotatable bonds is 3. The molecule has 0 aromatic carbocycles. The van der Waals surface area contributed by atoms with Crippen molar-refractivity contribution in [1.82, 2.24) is 9.97 Å². The largest absolute Gasteiger partial charge is 0.391 e. The van der Waals surface area contributed by atoms with Crippen LogP contribution in [0.4, 0.5) is 0 Å². The van der Waals surface area contributed by atoms with E-state index in [1.807, 2.05) is 13.8 Å². The van der Waals surface area contributed by atoms with E-state index in [2.05, 4.69) is 9.97 Å². The van der Waals surface area contributed by atoms with Gasteiger partial charge in [-0.1, -0.05) is 6.92 Å².